The number of aromatic nitrogens is 1. The van der Waals surface area contributed by atoms with Crippen LogP contribution < -0.4 is 20.5 Å². The fourth-order valence-corrected chi connectivity index (χ4v) is 2.98. The van der Waals surface area contributed by atoms with Crippen molar-refractivity contribution in [2.75, 3.05) is 4.90 Å². The molecule has 2 N–H and O–H groups in total. The second-order valence-corrected chi connectivity index (χ2v) is 6.44. The third-order valence-corrected chi connectivity index (χ3v) is 4.39. The molecule has 3 amide bonds. The third kappa shape index (κ3) is 3.60. The molecule has 3 aromatic rings. The zero-order chi connectivity index (χ0) is 19.5. The summed E-state index contributed by atoms with van der Waals surface area (Å²) in [6.45, 7) is 0.245. The second kappa shape index (κ2) is 7.58. The van der Waals surface area contributed by atoms with E-state index in [1.165, 1.54) is 11.1 Å². The van der Waals surface area contributed by atoms with E-state index in [0.29, 0.717) is 22.2 Å². The second-order valence-electron chi connectivity index (χ2n) is 6.01. The number of amides is 3. The van der Waals surface area contributed by atoms with Crippen molar-refractivity contribution in [1.29, 1.82) is 0 Å². The Morgan fingerprint density at radius 2 is 1.82 bits per heavy atom. The molecule has 28 heavy (non-hydrogen) atoms. The van der Waals surface area contributed by atoms with Crippen molar-refractivity contribution in [2.24, 2.45) is 0 Å². The molecular weight excluding hydrogens is 380 g/mol. The number of benzene rings is 2. The molecule has 2 heterocycles. The average Bonchev–Trinajstić information content (AvgIpc) is 2.89. The van der Waals surface area contributed by atoms with Gasteiger partial charge in [-0.05, 0) is 36.4 Å². The monoisotopic (exact) mass is 394 g/mol. The highest BCUT2D eigenvalue weighted by Crippen LogP contribution is 2.40. The maximum Gasteiger partial charge on any atom is 0.341 e. The van der Waals surface area contributed by atoms with Gasteiger partial charge in [0.15, 0.2) is 5.75 Å². The molecule has 0 aliphatic carbocycles. The number of para-hydroxylation sites is 1. The Bertz CT molecular complexity index is 1040. The minimum Gasteiger partial charge on any atom is -0.455 e. The van der Waals surface area contributed by atoms with Crippen LogP contribution in [-0.2, 0) is 6.54 Å². The summed E-state index contributed by atoms with van der Waals surface area (Å²) in [7, 11) is 0. The smallest absolute Gasteiger partial charge is 0.341 e. The summed E-state index contributed by atoms with van der Waals surface area (Å²) in [5, 5.41) is 0.462. The van der Waals surface area contributed by atoms with Crippen LogP contribution in [0.3, 0.4) is 0 Å². The molecular formula is C20H15ClN4O3. The molecule has 0 saturated carbocycles. The summed E-state index contributed by atoms with van der Waals surface area (Å²) < 4.78 is 5.96. The summed E-state index contributed by atoms with van der Waals surface area (Å²) in [4.78, 5) is 30.4. The predicted octanol–water partition coefficient (Wildman–Crippen LogP) is 3.90. The number of rotatable bonds is 1. The molecule has 0 spiro atoms. The quantitative estimate of drug-likeness (QED) is 0.613. The van der Waals surface area contributed by atoms with Crippen LogP contribution in [0.5, 0.6) is 11.5 Å². The van der Waals surface area contributed by atoms with E-state index in [2.05, 4.69) is 15.8 Å². The Hall–Kier alpha value is -3.58. The number of ether oxygens (including phenoxy) is 1. The Morgan fingerprint density at radius 1 is 1.00 bits per heavy atom. The highest BCUT2D eigenvalue weighted by atomic mass is 35.5. The van der Waals surface area contributed by atoms with Gasteiger partial charge in [0.2, 0.25) is 0 Å². The van der Waals surface area contributed by atoms with Gasteiger partial charge in [-0.25, -0.2) is 10.2 Å². The molecule has 0 unspecified atom stereocenters. The zero-order valence-electron chi connectivity index (χ0n) is 14.6. The number of fused-ring (bicyclic) bond motifs is 2. The first-order valence-corrected chi connectivity index (χ1v) is 8.84. The van der Waals surface area contributed by atoms with Gasteiger partial charge >= 0.3 is 6.03 Å². The van der Waals surface area contributed by atoms with Gasteiger partial charge in [0.1, 0.15) is 11.4 Å². The lowest BCUT2D eigenvalue weighted by Crippen LogP contribution is -2.48. The largest absolute Gasteiger partial charge is 0.455 e. The fourth-order valence-electron chi connectivity index (χ4n) is 2.82. The lowest BCUT2D eigenvalue weighted by atomic mass is 10.2. The van der Waals surface area contributed by atoms with Gasteiger partial charge in [0.25, 0.3) is 5.91 Å². The van der Waals surface area contributed by atoms with E-state index in [1.54, 1.807) is 36.4 Å². The van der Waals surface area contributed by atoms with Crippen molar-refractivity contribution in [2.45, 2.75) is 6.54 Å². The van der Waals surface area contributed by atoms with Crippen molar-refractivity contribution < 1.29 is 14.3 Å². The molecule has 0 radical (unpaired) electrons. The van der Waals surface area contributed by atoms with Crippen LogP contribution in [0.2, 0.25) is 5.02 Å². The number of carbonyl (C=O) groups excluding carboxylic acids is 2. The molecule has 4 rings (SSSR count). The van der Waals surface area contributed by atoms with Gasteiger partial charge < -0.3 is 4.74 Å². The molecule has 0 bridgehead atoms. The van der Waals surface area contributed by atoms with Crippen LogP contribution in [0.15, 0.2) is 66.9 Å². The molecule has 1 aromatic heterocycles. The molecule has 7 nitrogen and oxygen atoms in total. The van der Waals surface area contributed by atoms with Gasteiger partial charge in [0, 0.05) is 16.8 Å². The van der Waals surface area contributed by atoms with Gasteiger partial charge in [-0.15, -0.1) is 0 Å². The van der Waals surface area contributed by atoms with Crippen molar-refractivity contribution in [3.63, 3.8) is 0 Å². The van der Waals surface area contributed by atoms with E-state index in [4.69, 9.17) is 16.3 Å². The van der Waals surface area contributed by atoms with Crippen LogP contribution in [0.25, 0.3) is 0 Å². The maximum absolute atomic E-state index is 12.9. The van der Waals surface area contributed by atoms with Crippen molar-refractivity contribution >= 4 is 29.2 Å². The number of urea groups is 1. The number of hydrogen-bond acceptors (Lipinski definition) is 4. The number of nitrogens with zero attached hydrogens (tertiary/aromatic N) is 2. The van der Waals surface area contributed by atoms with Crippen molar-refractivity contribution in [1.82, 2.24) is 15.8 Å². The standard InChI is InChI=1S/C20H15ClN4O3/c21-14-8-9-18-16(11-14)25(12-13-5-1-2-7-17(13)28-18)20(27)24-23-19(26)15-6-3-4-10-22-15/h1-11H,12H2,(H,23,26)(H,24,27). The first-order chi connectivity index (χ1) is 13.6. The maximum atomic E-state index is 12.9. The molecule has 0 atom stereocenters. The third-order valence-electron chi connectivity index (χ3n) is 4.16. The molecule has 140 valence electrons. The van der Waals surface area contributed by atoms with E-state index in [-0.39, 0.29) is 12.2 Å². The van der Waals surface area contributed by atoms with E-state index < -0.39 is 11.9 Å². The average molecular weight is 395 g/mol. The van der Waals surface area contributed by atoms with Crippen LogP contribution in [0.1, 0.15) is 16.1 Å². The summed E-state index contributed by atoms with van der Waals surface area (Å²) in [5.41, 5.74) is 6.29. The highest BCUT2D eigenvalue weighted by molar-refractivity contribution is 6.31. The summed E-state index contributed by atoms with van der Waals surface area (Å²) in [6, 6.07) is 16.9. The molecule has 1 aliphatic rings. The minimum absolute atomic E-state index is 0.191. The highest BCUT2D eigenvalue weighted by Gasteiger charge is 2.26. The van der Waals surface area contributed by atoms with Crippen LogP contribution in [0, 0.1) is 0 Å². The number of halogens is 1. The first-order valence-electron chi connectivity index (χ1n) is 8.46. The van der Waals surface area contributed by atoms with Gasteiger partial charge in [-0.1, -0.05) is 35.9 Å². The van der Waals surface area contributed by atoms with Crippen molar-refractivity contribution in [3.05, 3.63) is 83.1 Å². The van der Waals surface area contributed by atoms with E-state index >= 15 is 0 Å². The van der Waals surface area contributed by atoms with E-state index in [1.807, 2.05) is 24.3 Å². The van der Waals surface area contributed by atoms with E-state index in [0.717, 1.165) is 5.56 Å². The molecule has 8 heteroatoms. The number of hydrogen-bond donors (Lipinski definition) is 2. The Balaban J connectivity index is 1.59. The lowest BCUT2D eigenvalue weighted by molar-refractivity contribution is 0.0932. The van der Waals surface area contributed by atoms with Crippen LogP contribution in [-0.4, -0.2) is 16.9 Å². The van der Waals surface area contributed by atoms with Gasteiger partial charge in [-0.3, -0.25) is 20.1 Å². The van der Waals surface area contributed by atoms with Crippen LogP contribution >= 0.6 is 11.6 Å². The molecule has 0 saturated heterocycles. The fraction of sp³-hybridized carbons (Fsp3) is 0.0500. The SMILES string of the molecule is O=C(NNC(=O)N1Cc2ccccc2Oc2ccc(Cl)cc21)c1ccccn1. The van der Waals surface area contributed by atoms with Crippen molar-refractivity contribution in [3.8, 4) is 11.5 Å². The topological polar surface area (TPSA) is 83.6 Å². The number of hydrazine groups is 1. The predicted molar refractivity (Wildman–Crippen MR) is 104 cm³/mol. The van der Waals surface area contributed by atoms with E-state index in [9.17, 15) is 9.59 Å². The zero-order valence-corrected chi connectivity index (χ0v) is 15.3. The molecule has 2 aromatic carbocycles. The first kappa shape index (κ1) is 17.8. The lowest BCUT2D eigenvalue weighted by Gasteiger charge is -2.22. The molecule has 1 aliphatic heterocycles. The number of carbonyl (C=O) groups is 2. The van der Waals surface area contributed by atoms with Gasteiger partial charge in [0.05, 0.1) is 12.2 Å². The molecule has 0 fully saturated rings. The van der Waals surface area contributed by atoms with Crippen LogP contribution in [0.4, 0.5) is 10.5 Å². The Morgan fingerprint density at radius 3 is 2.64 bits per heavy atom. The normalized spacial score (nSPS) is 12.1. The Labute approximate surface area is 165 Å². The van der Waals surface area contributed by atoms with Gasteiger partial charge in [-0.2, -0.15) is 0 Å². The number of anilines is 1. The minimum atomic E-state index is -0.534. The summed E-state index contributed by atoms with van der Waals surface area (Å²) in [5.74, 6) is 0.617. The Kier molecular flexibility index (Phi) is 4.82. The summed E-state index contributed by atoms with van der Waals surface area (Å²) in [6.07, 6.45) is 1.50. The number of pyridine rings is 1. The summed E-state index contributed by atoms with van der Waals surface area (Å²) >= 11 is 6.13. The number of nitrogens with one attached hydrogen (secondary N) is 2.